The van der Waals surface area contributed by atoms with Gasteiger partial charge in [-0.3, -0.25) is 4.79 Å². The maximum absolute atomic E-state index is 13.2. The molecule has 1 amide bonds. The summed E-state index contributed by atoms with van der Waals surface area (Å²) in [5.41, 5.74) is 1.23. The SMILES string of the molecule is CCOc1ccc(S(=O)(=O)N[C@@H](Cc2ccccc2)C(=O)Nc2ccccc2OC)cc1Cl. The Hall–Kier alpha value is -3.07. The zero-order valence-electron chi connectivity index (χ0n) is 18.2. The maximum atomic E-state index is 13.2. The lowest BCUT2D eigenvalue weighted by Crippen LogP contribution is -2.45. The molecule has 0 fully saturated rings. The second kappa shape index (κ2) is 11.2. The predicted octanol–water partition coefficient (Wildman–Crippen LogP) is 4.28. The molecule has 9 heteroatoms. The van der Waals surface area contributed by atoms with E-state index in [0.29, 0.717) is 23.8 Å². The van der Waals surface area contributed by atoms with E-state index in [4.69, 9.17) is 21.1 Å². The zero-order valence-corrected chi connectivity index (χ0v) is 19.8. The van der Waals surface area contributed by atoms with Crippen LogP contribution in [0.5, 0.6) is 11.5 Å². The number of rotatable bonds is 10. The molecular formula is C24H25ClN2O5S. The Kier molecular flexibility index (Phi) is 8.32. The highest BCUT2D eigenvalue weighted by Gasteiger charge is 2.27. The lowest BCUT2D eigenvalue weighted by atomic mass is 10.1. The molecule has 174 valence electrons. The molecule has 0 saturated carbocycles. The van der Waals surface area contributed by atoms with Gasteiger partial charge in [0.1, 0.15) is 17.5 Å². The summed E-state index contributed by atoms with van der Waals surface area (Å²) in [6, 6.07) is 19.1. The quantitative estimate of drug-likeness (QED) is 0.444. The molecule has 0 unspecified atom stereocenters. The Balaban J connectivity index is 1.89. The van der Waals surface area contributed by atoms with E-state index in [1.54, 1.807) is 31.2 Å². The number of halogens is 1. The fourth-order valence-corrected chi connectivity index (χ4v) is 4.70. The summed E-state index contributed by atoms with van der Waals surface area (Å²) in [6.07, 6.45) is 0.145. The van der Waals surface area contributed by atoms with Crippen molar-refractivity contribution in [3.63, 3.8) is 0 Å². The van der Waals surface area contributed by atoms with Crippen LogP contribution in [-0.4, -0.2) is 34.1 Å². The number of hydrogen-bond acceptors (Lipinski definition) is 5. The van der Waals surface area contributed by atoms with Crippen LogP contribution >= 0.6 is 11.6 Å². The van der Waals surface area contributed by atoms with E-state index >= 15 is 0 Å². The summed E-state index contributed by atoms with van der Waals surface area (Å²) in [7, 11) is -2.58. The first-order valence-corrected chi connectivity index (χ1v) is 12.1. The molecule has 0 heterocycles. The van der Waals surface area contributed by atoms with Crippen LogP contribution in [0, 0.1) is 0 Å². The second-order valence-electron chi connectivity index (χ2n) is 7.08. The molecule has 0 bridgehead atoms. The van der Waals surface area contributed by atoms with Gasteiger partial charge >= 0.3 is 0 Å². The lowest BCUT2D eigenvalue weighted by Gasteiger charge is -2.20. The minimum Gasteiger partial charge on any atom is -0.495 e. The van der Waals surface area contributed by atoms with Gasteiger partial charge in [0, 0.05) is 0 Å². The van der Waals surface area contributed by atoms with E-state index in [0.717, 1.165) is 5.56 Å². The van der Waals surface area contributed by atoms with E-state index in [2.05, 4.69) is 10.0 Å². The lowest BCUT2D eigenvalue weighted by molar-refractivity contribution is -0.117. The van der Waals surface area contributed by atoms with Gasteiger partial charge in [0.05, 0.1) is 29.3 Å². The Labute approximate surface area is 198 Å². The third-order valence-corrected chi connectivity index (χ3v) is 6.54. The summed E-state index contributed by atoms with van der Waals surface area (Å²) in [4.78, 5) is 13.1. The fourth-order valence-electron chi connectivity index (χ4n) is 3.18. The fraction of sp³-hybridized carbons (Fsp3) is 0.208. The van der Waals surface area contributed by atoms with Gasteiger partial charge in [-0.25, -0.2) is 8.42 Å². The van der Waals surface area contributed by atoms with Crippen LogP contribution in [0.1, 0.15) is 12.5 Å². The van der Waals surface area contributed by atoms with Crippen LogP contribution in [0.2, 0.25) is 5.02 Å². The highest BCUT2D eigenvalue weighted by atomic mass is 35.5. The largest absolute Gasteiger partial charge is 0.495 e. The number of sulfonamides is 1. The van der Waals surface area contributed by atoms with Gasteiger partial charge in [-0.15, -0.1) is 0 Å². The summed E-state index contributed by atoms with van der Waals surface area (Å²) in [5.74, 6) is 0.322. The van der Waals surface area contributed by atoms with Crippen molar-refractivity contribution in [1.29, 1.82) is 0 Å². The number of carbonyl (C=O) groups excluding carboxylic acids is 1. The first-order chi connectivity index (χ1) is 15.8. The molecule has 1 atom stereocenters. The maximum Gasteiger partial charge on any atom is 0.243 e. The van der Waals surface area contributed by atoms with E-state index in [1.165, 1.54) is 25.3 Å². The van der Waals surface area contributed by atoms with E-state index in [1.807, 2.05) is 30.3 Å². The van der Waals surface area contributed by atoms with Gasteiger partial charge in [0.2, 0.25) is 15.9 Å². The average Bonchev–Trinajstić information content (AvgIpc) is 2.81. The number of benzene rings is 3. The van der Waals surface area contributed by atoms with Crippen LogP contribution in [-0.2, 0) is 21.2 Å². The van der Waals surface area contributed by atoms with Crippen molar-refractivity contribution in [1.82, 2.24) is 4.72 Å². The number of hydrogen-bond donors (Lipinski definition) is 2. The molecular weight excluding hydrogens is 464 g/mol. The van der Waals surface area contributed by atoms with Gasteiger partial charge in [-0.1, -0.05) is 54.1 Å². The Morgan fingerprint density at radius 2 is 1.70 bits per heavy atom. The molecule has 2 N–H and O–H groups in total. The molecule has 0 saturated heterocycles. The normalized spacial score (nSPS) is 12.1. The molecule has 0 radical (unpaired) electrons. The van der Waals surface area contributed by atoms with Crippen molar-refractivity contribution < 1.29 is 22.7 Å². The van der Waals surface area contributed by atoms with Gasteiger partial charge in [-0.05, 0) is 49.2 Å². The molecule has 0 spiro atoms. The molecule has 7 nitrogen and oxygen atoms in total. The Morgan fingerprint density at radius 3 is 2.36 bits per heavy atom. The number of anilines is 1. The second-order valence-corrected chi connectivity index (χ2v) is 9.20. The minimum atomic E-state index is -4.07. The highest BCUT2D eigenvalue weighted by Crippen LogP contribution is 2.28. The zero-order chi connectivity index (χ0) is 23.8. The molecule has 3 aromatic carbocycles. The summed E-state index contributed by atoms with van der Waals surface area (Å²) in [6.45, 7) is 2.20. The Morgan fingerprint density at radius 1 is 1.00 bits per heavy atom. The molecule has 0 aliphatic rings. The van der Waals surface area contributed by atoms with E-state index in [9.17, 15) is 13.2 Å². The predicted molar refractivity (Wildman–Crippen MR) is 129 cm³/mol. The summed E-state index contributed by atoms with van der Waals surface area (Å²) >= 11 is 6.17. The number of methoxy groups -OCH3 is 1. The van der Waals surface area contributed by atoms with Gasteiger partial charge in [0.15, 0.2) is 0 Å². The topological polar surface area (TPSA) is 93.7 Å². The number of nitrogens with one attached hydrogen (secondary N) is 2. The van der Waals surface area contributed by atoms with Crippen LogP contribution in [0.15, 0.2) is 77.7 Å². The minimum absolute atomic E-state index is 0.0703. The van der Waals surface area contributed by atoms with Crippen molar-refractivity contribution in [2.24, 2.45) is 0 Å². The van der Waals surface area contributed by atoms with Crippen LogP contribution in [0.4, 0.5) is 5.69 Å². The average molecular weight is 489 g/mol. The molecule has 3 rings (SSSR count). The Bertz CT molecular complexity index is 1200. The van der Waals surface area contributed by atoms with Crippen molar-refractivity contribution in [2.45, 2.75) is 24.3 Å². The number of amides is 1. The van der Waals surface area contributed by atoms with Crippen molar-refractivity contribution >= 4 is 33.2 Å². The molecule has 0 aromatic heterocycles. The summed E-state index contributed by atoms with van der Waals surface area (Å²) < 4.78 is 39.4. The molecule has 0 aliphatic heterocycles. The van der Waals surface area contributed by atoms with Crippen LogP contribution in [0.3, 0.4) is 0 Å². The first-order valence-electron chi connectivity index (χ1n) is 10.3. The van der Waals surface area contributed by atoms with Crippen LogP contribution < -0.4 is 19.5 Å². The molecule has 0 aliphatic carbocycles. The van der Waals surface area contributed by atoms with Gasteiger partial charge in [-0.2, -0.15) is 4.72 Å². The van der Waals surface area contributed by atoms with Crippen LogP contribution in [0.25, 0.3) is 0 Å². The first kappa shape index (κ1) is 24.6. The number of carbonyl (C=O) groups is 1. The van der Waals surface area contributed by atoms with Crippen molar-refractivity contribution in [3.05, 3.63) is 83.4 Å². The van der Waals surface area contributed by atoms with Gasteiger partial charge in [0.25, 0.3) is 0 Å². The van der Waals surface area contributed by atoms with E-state index in [-0.39, 0.29) is 16.3 Å². The summed E-state index contributed by atoms with van der Waals surface area (Å²) in [5, 5.41) is 2.92. The smallest absolute Gasteiger partial charge is 0.243 e. The monoisotopic (exact) mass is 488 g/mol. The standard InChI is InChI=1S/C24H25ClN2O5S/c1-3-32-22-14-13-18(16-19(22)25)33(29,30)27-21(15-17-9-5-4-6-10-17)24(28)26-20-11-7-8-12-23(20)31-2/h4-14,16,21,27H,3,15H2,1-2H3,(H,26,28)/t21-/m0/s1. The van der Waals surface area contributed by atoms with Crippen molar-refractivity contribution in [2.75, 3.05) is 19.0 Å². The number of ether oxygens (including phenoxy) is 2. The third kappa shape index (κ3) is 6.47. The number of para-hydroxylation sites is 2. The van der Waals surface area contributed by atoms with E-state index < -0.39 is 22.0 Å². The molecule has 3 aromatic rings. The third-order valence-electron chi connectivity index (χ3n) is 4.77. The molecule has 33 heavy (non-hydrogen) atoms. The highest BCUT2D eigenvalue weighted by molar-refractivity contribution is 7.89. The van der Waals surface area contributed by atoms with Gasteiger partial charge < -0.3 is 14.8 Å². The van der Waals surface area contributed by atoms with Crippen molar-refractivity contribution in [3.8, 4) is 11.5 Å².